The summed E-state index contributed by atoms with van der Waals surface area (Å²) in [5.41, 5.74) is 5.26. The maximum atomic E-state index is 15.3. The van der Waals surface area contributed by atoms with Crippen molar-refractivity contribution >= 4 is 28.9 Å². The first-order valence-electron chi connectivity index (χ1n) is 11.1. The van der Waals surface area contributed by atoms with Crippen molar-refractivity contribution in [3.63, 3.8) is 0 Å². The molecule has 4 rings (SSSR count). The first-order chi connectivity index (χ1) is 18.0. The van der Waals surface area contributed by atoms with E-state index in [4.69, 9.17) is 22.1 Å². The van der Waals surface area contributed by atoms with E-state index in [1.165, 1.54) is 30.9 Å². The molecule has 0 aliphatic heterocycles. The van der Waals surface area contributed by atoms with Crippen molar-refractivity contribution in [2.75, 3.05) is 17.7 Å². The largest absolute Gasteiger partial charge is 0.420 e. The lowest BCUT2D eigenvalue weighted by Gasteiger charge is -2.19. The molecule has 0 spiro atoms. The maximum Gasteiger partial charge on any atom is 0.420 e. The van der Waals surface area contributed by atoms with Gasteiger partial charge in [-0.2, -0.15) is 23.4 Å². The summed E-state index contributed by atoms with van der Waals surface area (Å²) in [5, 5.41) is 9.44. The number of nitrogens with one attached hydrogen (secondary N) is 1. The van der Waals surface area contributed by atoms with Gasteiger partial charge in [0.1, 0.15) is 11.4 Å². The monoisotopic (exact) mass is 549 g/mol. The van der Waals surface area contributed by atoms with Gasteiger partial charge in [0.2, 0.25) is 0 Å². The number of hydrogen-bond acceptors (Lipinski definition) is 7. The summed E-state index contributed by atoms with van der Waals surface area (Å²) in [6.07, 6.45) is 0.914. The highest BCUT2D eigenvalue weighted by Crippen LogP contribution is 2.38. The van der Waals surface area contributed by atoms with E-state index in [0.29, 0.717) is 28.6 Å². The fourth-order valence-electron chi connectivity index (χ4n) is 3.78. The Labute approximate surface area is 218 Å². The Morgan fingerprint density at radius 1 is 1.18 bits per heavy atom. The van der Waals surface area contributed by atoms with Gasteiger partial charge in [-0.1, -0.05) is 11.6 Å². The number of rotatable bonds is 7. The van der Waals surface area contributed by atoms with Gasteiger partial charge in [-0.05, 0) is 32.0 Å². The number of benzene rings is 1. The molecule has 0 aliphatic rings. The molecule has 9 nitrogen and oxygen atoms in total. The number of nitrogen functional groups attached to an aromatic ring is 1. The van der Waals surface area contributed by atoms with E-state index >= 15 is 4.39 Å². The molecule has 0 bridgehead atoms. The Morgan fingerprint density at radius 3 is 2.55 bits per heavy atom. The third-order valence-electron chi connectivity index (χ3n) is 5.47. The van der Waals surface area contributed by atoms with Gasteiger partial charge in [0.15, 0.2) is 5.82 Å². The van der Waals surface area contributed by atoms with Crippen molar-refractivity contribution in [2.24, 2.45) is 0 Å². The van der Waals surface area contributed by atoms with E-state index in [-0.39, 0.29) is 27.5 Å². The fourth-order valence-corrected chi connectivity index (χ4v) is 4.03. The van der Waals surface area contributed by atoms with Gasteiger partial charge in [0.05, 0.1) is 52.9 Å². The van der Waals surface area contributed by atoms with Crippen LogP contribution in [0.2, 0.25) is 5.02 Å². The summed E-state index contributed by atoms with van der Waals surface area (Å²) in [6, 6.07) is 2.76. The van der Waals surface area contributed by atoms with E-state index in [0.717, 1.165) is 12.3 Å². The Kier molecular flexibility index (Phi) is 7.60. The Hall–Kier alpha value is -4.10. The molecule has 3 aromatic heterocycles. The molecular weight excluding hydrogens is 530 g/mol. The molecule has 0 saturated carbocycles. The molecule has 0 fully saturated rings. The Morgan fingerprint density at radius 2 is 1.89 bits per heavy atom. The van der Waals surface area contributed by atoms with Crippen molar-refractivity contribution in [1.82, 2.24) is 25.0 Å². The number of carbonyl (C=O) groups excluding carboxylic acids is 1. The van der Waals surface area contributed by atoms with Gasteiger partial charge in [-0.15, -0.1) is 4.80 Å². The molecule has 198 valence electrons. The number of nitrogens with two attached hydrogens (primary N) is 1. The van der Waals surface area contributed by atoms with Crippen molar-refractivity contribution in [3.8, 4) is 16.9 Å². The summed E-state index contributed by atoms with van der Waals surface area (Å²) in [7, 11) is 0. The number of halogens is 5. The third kappa shape index (κ3) is 5.43. The van der Waals surface area contributed by atoms with E-state index in [2.05, 4.69) is 25.5 Å². The van der Waals surface area contributed by atoms with Crippen LogP contribution < -0.4 is 11.1 Å². The minimum absolute atomic E-state index is 0.00472. The van der Waals surface area contributed by atoms with E-state index in [1.54, 1.807) is 13.8 Å². The number of nitrogens with zero attached hydrogens (tertiary/aromatic N) is 5. The lowest BCUT2D eigenvalue weighted by molar-refractivity contribution is -0.137. The second-order valence-corrected chi connectivity index (χ2v) is 8.38. The van der Waals surface area contributed by atoms with Gasteiger partial charge >= 0.3 is 6.18 Å². The minimum atomic E-state index is -4.83. The Bertz CT molecular complexity index is 1480. The molecule has 1 amide bonds. The van der Waals surface area contributed by atoms with Crippen LogP contribution in [-0.2, 0) is 10.9 Å². The van der Waals surface area contributed by atoms with Crippen molar-refractivity contribution < 1.29 is 27.1 Å². The molecule has 0 radical (unpaired) electrons. The van der Waals surface area contributed by atoms with Gasteiger partial charge in [0.25, 0.3) is 5.91 Å². The number of amides is 1. The summed E-state index contributed by atoms with van der Waals surface area (Å²) in [5.74, 6) is -2.37. The molecule has 14 heteroatoms. The van der Waals surface area contributed by atoms with E-state index < -0.39 is 35.4 Å². The van der Waals surface area contributed by atoms with Crippen molar-refractivity contribution in [2.45, 2.75) is 26.1 Å². The number of ether oxygens (including phenoxy) is 1. The number of carbonyl (C=O) groups is 1. The summed E-state index contributed by atoms with van der Waals surface area (Å²) >= 11 is 6.32. The number of alkyl halides is 3. The number of anilines is 2. The zero-order valence-corrected chi connectivity index (χ0v) is 20.7. The number of pyridine rings is 2. The smallest absolute Gasteiger partial charge is 0.397 e. The van der Waals surface area contributed by atoms with Crippen LogP contribution in [0.4, 0.5) is 28.9 Å². The zero-order valence-electron chi connectivity index (χ0n) is 19.9. The molecular formula is C24H20ClF4N7O2. The second-order valence-electron chi connectivity index (χ2n) is 7.97. The van der Waals surface area contributed by atoms with E-state index in [1.807, 2.05) is 0 Å². The summed E-state index contributed by atoms with van der Waals surface area (Å²) in [4.78, 5) is 21.4. The third-order valence-corrected chi connectivity index (χ3v) is 5.78. The minimum Gasteiger partial charge on any atom is -0.397 e. The van der Waals surface area contributed by atoms with Crippen LogP contribution in [0, 0.1) is 5.82 Å². The highest BCUT2D eigenvalue weighted by molar-refractivity contribution is 6.34. The van der Waals surface area contributed by atoms with Crippen LogP contribution in [0.1, 0.15) is 41.4 Å². The molecule has 1 atom stereocenters. The maximum absolute atomic E-state index is 15.3. The van der Waals surface area contributed by atoms with Crippen LogP contribution in [0.25, 0.3) is 16.9 Å². The van der Waals surface area contributed by atoms with Crippen LogP contribution in [-0.4, -0.2) is 37.5 Å². The van der Waals surface area contributed by atoms with Crippen molar-refractivity contribution in [3.05, 3.63) is 76.7 Å². The van der Waals surface area contributed by atoms with Crippen molar-refractivity contribution in [1.29, 1.82) is 0 Å². The highest BCUT2D eigenvalue weighted by atomic mass is 35.5. The number of hydrogen-bond donors (Lipinski definition) is 2. The van der Waals surface area contributed by atoms with Gasteiger partial charge in [-0.25, -0.2) is 9.37 Å². The molecule has 38 heavy (non-hydrogen) atoms. The van der Waals surface area contributed by atoms with Crippen LogP contribution in [0.3, 0.4) is 0 Å². The van der Waals surface area contributed by atoms with Gasteiger partial charge in [0, 0.05) is 29.5 Å². The fraction of sp³-hybridized carbons (Fsp3) is 0.208. The van der Waals surface area contributed by atoms with Gasteiger partial charge < -0.3 is 15.8 Å². The number of aromatic nitrogens is 5. The predicted molar refractivity (Wildman–Crippen MR) is 131 cm³/mol. The average molecular weight is 550 g/mol. The first kappa shape index (κ1) is 26.9. The highest BCUT2D eigenvalue weighted by Gasteiger charge is 2.36. The van der Waals surface area contributed by atoms with Crippen LogP contribution >= 0.6 is 11.6 Å². The lowest BCUT2D eigenvalue weighted by Crippen LogP contribution is -2.17. The molecule has 3 N–H and O–H groups in total. The molecule has 4 aromatic rings. The first-order valence-corrected chi connectivity index (χ1v) is 11.5. The van der Waals surface area contributed by atoms with Crippen LogP contribution in [0.15, 0.2) is 49.2 Å². The quantitative estimate of drug-likeness (QED) is 0.293. The lowest BCUT2D eigenvalue weighted by atomic mass is 9.95. The van der Waals surface area contributed by atoms with Gasteiger partial charge in [-0.3, -0.25) is 9.78 Å². The summed E-state index contributed by atoms with van der Waals surface area (Å²) in [6.45, 7) is 3.94. The zero-order chi connectivity index (χ0) is 27.6. The molecule has 3 heterocycles. The molecule has 0 aliphatic carbocycles. The standard InChI is InChI=1S/C24H20ClF4N7O2/c1-3-38-12(2)16-10-31-11-20(30)21(16)15-7-18(25)14(8-19(15)26)23(37)35-13-6-17(24(27,28)29)22(32-9-13)36-33-4-5-34-36/h4-12H,3,30H2,1-2H3,(H,35,37). The second kappa shape index (κ2) is 10.7. The molecule has 0 saturated heterocycles. The predicted octanol–water partition coefficient (Wildman–Crippen LogP) is 5.47. The average Bonchev–Trinajstić information content (AvgIpc) is 3.39. The molecule has 1 unspecified atom stereocenters. The Balaban J connectivity index is 1.68. The summed E-state index contributed by atoms with van der Waals surface area (Å²) < 4.78 is 61.9. The molecule has 1 aromatic carbocycles. The topological polar surface area (TPSA) is 121 Å². The van der Waals surface area contributed by atoms with E-state index in [9.17, 15) is 18.0 Å². The normalized spacial score (nSPS) is 12.4. The SMILES string of the molecule is CCOC(C)c1cncc(N)c1-c1cc(Cl)c(C(=O)Nc2cnc(-n3nccn3)c(C(F)(F)F)c2)cc1F. The van der Waals surface area contributed by atoms with Crippen LogP contribution in [0.5, 0.6) is 0 Å².